The monoisotopic (exact) mass is 320 g/mol. The molecule has 0 aromatic carbocycles. The summed E-state index contributed by atoms with van der Waals surface area (Å²) in [5.74, 6) is 0. The van der Waals surface area contributed by atoms with Gasteiger partial charge < -0.3 is 20.1 Å². The van der Waals surface area contributed by atoms with E-state index in [4.69, 9.17) is 33.0 Å². The molecule has 3 N–H and O–H groups in total. The molecule has 8 nitrogen and oxygen atoms in total. The maximum absolute atomic E-state index is 9.98. The van der Waals surface area contributed by atoms with Gasteiger partial charge in [0.15, 0.2) is 17.0 Å². The fraction of sp³-hybridized carbons (Fsp3) is 0.500. The van der Waals surface area contributed by atoms with Crippen molar-refractivity contribution < 1.29 is 20.1 Å². The smallest absolute Gasteiger partial charge is 0.225 e. The van der Waals surface area contributed by atoms with E-state index in [-0.39, 0.29) is 16.1 Å². The van der Waals surface area contributed by atoms with Gasteiger partial charge in [-0.05, 0) is 11.6 Å². The SMILES string of the molecule is OC[C@@H]1O[C@@H](n2cnc3c(Cl)nc(Cl)nc32)[C@@H](O)[C@H]1O. The molecule has 0 spiro atoms. The van der Waals surface area contributed by atoms with Crippen molar-refractivity contribution in [3.8, 4) is 0 Å². The Balaban J connectivity index is 2.07. The van der Waals surface area contributed by atoms with Gasteiger partial charge in [-0.25, -0.2) is 9.97 Å². The van der Waals surface area contributed by atoms with Crippen molar-refractivity contribution in [2.75, 3.05) is 6.61 Å². The molecule has 3 rings (SSSR count). The van der Waals surface area contributed by atoms with E-state index in [0.717, 1.165) is 0 Å². The molecule has 1 saturated heterocycles. The third-order valence-corrected chi connectivity index (χ3v) is 3.58. The summed E-state index contributed by atoms with van der Waals surface area (Å²) in [7, 11) is 0. The number of rotatable bonds is 2. The second-order valence-electron chi connectivity index (χ2n) is 4.34. The summed E-state index contributed by atoms with van der Waals surface area (Å²) in [5, 5.41) is 28.8. The molecule has 0 bridgehead atoms. The van der Waals surface area contributed by atoms with Crippen LogP contribution in [0.1, 0.15) is 6.23 Å². The summed E-state index contributed by atoms with van der Waals surface area (Å²) < 4.78 is 6.78. The number of halogens is 2. The van der Waals surface area contributed by atoms with E-state index in [2.05, 4.69) is 15.0 Å². The predicted molar refractivity (Wildman–Crippen MR) is 68.4 cm³/mol. The zero-order valence-corrected chi connectivity index (χ0v) is 11.4. The summed E-state index contributed by atoms with van der Waals surface area (Å²) in [6.45, 7) is -0.419. The molecule has 0 unspecified atom stereocenters. The molecule has 1 aliphatic heterocycles. The summed E-state index contributed by atoms with van der Waals surface area (Å²) in [6.07, 6.45) is -2.94. The Hall–Kier alpha value is -1.03. The van der Waals surface area contributed by atoms with Gasteiger partial charge in [-0.3, -0.25) is 4.57 Å². The Labute approximate surface area is 122 Å². The highest BCUT2D eigenvalue weighted by Gasteiger charge is 2.44. The van der Waals surface area contributed by atoms with Crippen LogP contribution in [-0.4, -0.2) is 59.8 Å². The van der Waals surface area contributed by atoms with Crippen molar-refractivity contribution in [1.29, 1.82) is 0 Å². The number of hydrogen-bond donors (Lipinski definition) is 3. The van der Waals surface area contributed by atoms with Crippen molar-refractivity contribution in [3.63, 3.8) is 0 Å². The minimum Gasteiger partial charge on any atom is -0.394 e. The van der Waals surface area contributed by atoms with E-state index in [1.807, 2.05) is 0 Å². The van der Waals surface area contributed by atoms with Crippen molar-refractivity contribution in [1.82, 2.24) is 19.5 Å². The van der Waals surface area contributed by atoms with Crippen molar-refractivity contribution in [2.45, 2.75) is 24.5 Å². The molecule has 0 saturated carbocycles. The molecular formula is C10H10Cl2N4O4. The molecular weight excluding hydrogens is 311 g/mol. The Morgan fingerprint density at radius 1 is 1.25 bits per heavy atom. The molecule has 1 aliphatic rings. The number of hydrogen-bond acceptors (Lipinski definition) is 7. The number of nitrogens with zero attached hydrogens (tertiary/aromatic N) is 4. The highest BCUT2D eigenvalue weighted by Crippen LogP contribution is 2.32. The highest BCUT2D eigenvalue weighted by molar-refractivity contribution is 6.35. The lowest BCUT2D eigenvalue weighted by atomic mass is 10.1. The van der Waals surface area contributed by atoms with E-state index < -0.39 is 31.1 Å². The highest BCUT2D eigenvalue weighted by atomic mass is 35.5. The van der Waals surface area contributed by atoms with E-state index in [9.17, 15) is 10.2 Å². The third kappa shape index (κ3) is 2.05. The minimum absolute atomic E-state index is 0.0732. The van der Waals surface area contributed by atoms with E-state index in [0.29, 0.717) is 5.52 Å². The summed E-state index contributed by atoms with van der Waals surface area (Å²) in [4.78, 5) is 11.8. The van der Waals surface area contributed by atoms with Crippen LogP contribution in [0.25, 0.3) is 11.2 Å². The minimum atomic E-state index is -1.24. The van der Waals surface area contributed by atoms with Gasteiger partial charge >= 0.3 is 0 Å². The van der Waals surface area contributed by atoms with Crippen LogP contribution >= 0.6 is 23.2 Å². The Morgan fingerprint density at radius 2 is 2.00 bits per heavy atom. The van der Waals surface area contributed by atoms with E-state index in [1.54, 1.807) is 0 Å². The molecule has 20 heavy (non-hydrogen) atoms. The summed E-state index contributed by atoms with van der Waals surface area (Å²) in [5.41, 5.74) is 0.568. The zero-order chi connectivity index (χ0) is 14.4. The maximum atomic E-state index is 9.98. The lowest BCUT2D eigenvalue weighted by molar-refractivity contribution is -0.0511. The summed E-state index contributed by atoms with van der Waals surface area (Å²) >= 11 is 11.6. The van der Waals surface area contributed by atoms with Gasteiger partial charge in [0.1, 0.15) is 23.8 Å². The van der Waals surface area contributed by atoms with E-state index in [1.165, 1.54) is 10.9 Å². The van der Waals surface area contributed by atoms with Crippen LogP contribution in [0.3, 0.4) is 0 Å². The quantitative estimate of drug-likeness (QED) is 0.516. The fourth-order valence-electron chi connectivity index (χ4n) is 2.15. The first-order valence-electron chi connectivity index (χ1n) is 5.71. The van der Waals surface area contributed by atoms with Crippen LogP contribution in [0.2, 0.25) is 10.4 Å². The molecule has 2 aromatic heterocycles. The molecule has 3 heterocycles. The lowest BCUT2D eigenvalue weighted by Crippen LogP contribution is -2.33. The van der Waals surface area contributed by atoms with Crippen LogP contribution in [-0.2, 0) is 4.74 Å². The van der Waals surface area contributed by atoms with Crippen molar-refractivity contribution >= 4 is 34.4 Å². The van der Waals surface area contributed by atoms with Crippen LogP contribution in [0.15, 0.2) is 6.33 Å². The predicted octanol–water partition coefficient (Wildman–Crippen LogP) is -0.255. The van der Waals surface area contributed by atoms with Crippen LogP contribution in [0, 0.1) is 0 Å². The van der Waals surface area contributed by atoms with Gasteiger partial charge in [-0.2, -0.15) is 4.98 Å². The summed E-state index contributed by atoms with van der Waals surface area (Å²) in [6, 6.07) is 0. The standard InChI is InChI=1S/C10H10Cl2N4O4/c11-7-4-8(15-10(12)14-7)16(2-13-4)9-6(19)5(18)3(1-17)20-9/h2-3,5-6,9,17-19H,1H2/t3-,5-,6-,9+/m0/s1. The first-order chi connectivity index (χ1) is 9.52. The third-order valence-electron chi connectivity index (χ3n) is 3.14. The fourth-order valence-corrected chi connectivity index (χ4v) is 2.57. The maximum Gasteiger partial charge on any atom is 0.225 e. The molecule has 10 heteroatoms. The number of aliphatic hydroxyl groups excluding tert-OH is 3. The van der Waals surface area contributed by atoms with Gasteiger partial charge in [-0.1, -0.05) is 11.6 Å². The molecule has 0 amide bonds. The number of imidazole rings is 1. The Bertz CT molecular complexity index is 651. The van der Waals surface area contributed by atoms with Gasteiger partial charge in [0.2, 0.25) is 5.28 Å². The number of aliphatic hydroxyl groups is 3. The molecule has 108 valence electrons. The van der Waals surface area contributed by atoms with Gasteiger partial charge in [0.05, 0.1) is 12.9 Å². The van der Waals surface area contributed by atoms with E-state index >= 15 is 0 Å². The molecule has 0 aliphatic carbocycles. The Kier molecular flexibility index (Phi) is 3.53. The number of ether oxygens (including phenoxy) is 1. The molecule has 0 radical (unpaired) electrons. The molecule has 2 aromatic rings. The largest absolute Gasteiger partial charge is 0.394 e. The first-order valence-corrected chi connectivity index (χ1v) is 6.46. The molecule has 4 atom stereocenters. The van der Waals surface area contributed by atoms with Gasteiger partial charge in [-0.15, -0.1) is 0 Å². The van der Waals surface area contributed by atoms with Gasteiger partial charge in [0, 0.05) is 0 Å². The van der Waals surface area contributed by atoms with Crippen molar-refractivity contribution in [3.05, 3.63) is 16.8 Å². The zero-order valence-electron chi connectivity index (χ0n) is 9.89. The average Bonchev–Trinajstić information content (AvgIpc) is 2.93. The second kappa shape index (κ2) is 5.06. The van der Waals surface area contributed by atoms with Crippen LogP contribution in [0.4, 0.5) is 0 Å². The average molecular weight is 321 g/mol. The number of fused-ring (bicyclic) bond motifs is 1. The lowest BCUT2D eigenvalue weighted by Gasteiger charge is -2.16. The first kappa shape index (κ1) is 13.9. The Morgan fingerprint density at radius 3 is 2.65 bits per heavy atom. The normalized spacial score (nSPS) is 30.2. The van der Waals surface area contributed by atoms with Gasteiger partial charge in [0.25, 0.3) is 0 Å². The van der Waals surface area contributed by atoms with Crippen molar-refractivity contribution in [2.24, 2.45) is 0 Å². The molecule has 1 fully saturated rings. The topological polar surface area (TPSA) is 114 Å². The number of aromatic nitrogens is 4. The van der Waals surface area contributed by atoms with Crippen LogP contribution < -0.4 is 0 Å². The van der Waals surface area contributed by atoms with Crippen LogP contribution in [0.5, 0.6) is 0 Å². The second-order valence-corrected chi connectivity index (χ2v) is 5.03.